The van der Waals surface area contributed by atoms with Crippen LogP contribution in [0.3, 0.4) is 0 Å². The number of nitrogens with zero attached hydrogens (tertiary/aromatic N) is 5. The van der Waals surface area contributed by atoms with E-state index in [9.17, 15) is 4.79 Å². The Labute approximate surface area is 156 Å². The number of pyridine rings is 1. The maximum absolute atomic E-state index is 13.3. The highest BCUT2D eigenvalue weighted by atomic mass is 16.2. The van der Waals surface area contributed by atoms with Crippen molar-refractivity contribution in [2.75, 3.05) is 6.54 Å². The second-order valence-electron chi connectivity index (χ2n) is 6.89. The van der Waals surface area contributed by atoms with Gasteiger partial charge in [0, 0.05) is 24.2 Å². The van der Waals surface area contributed by atoms with Crippen LogP contribution in [0.5, 0.6) is 0 Å². The van der Waals surface area contributed by atoms with E-state index in [-0.39, 0.29) is 11.9 Å². The van der Waals surface area contributed by atoms with Gasteiger partial charge in [-0.2, -0.15) is 5.10 Å². The fraction of sp³-hybridized carbons (Fsp3) is 0.238. The topological polar surface area (TPSA) is 63.4 Å². The van der Waals surface area contributed by atoms with Crippen molar-refractivity contribution in [1.29, 1.82) is 0 Å². The minimum atomic E-state index is -0.0283. The molecule has 0 radical (unpaired) electrons. The van der Waals surface area contributed by atoms with Crippen molar-refractivity contribution in [3.05, 3.63) is 72.3 Å². The Morgan fingerprint density at radius 3 is 2.89 bits per heavy atom. The first-order chi connectivity index (χ1) is 13.3. The second kappa shape index (κ2) is 6.46. The highest BCUT2D eigenvalue weighted by Gasteiger charge is 2.30. The molecule has 4 heterocycles. The highest BCUT2D eigenvalue weighted by Crippen LogP contribution is 2.31. The van der Waals surface area contributed by atoms with E-state index in [1.165, 1.54) is 0 Å². The molecule has 0 bridgehead atoms. The lowest BCUT2D eigenvalue weighted by molar-refractivity contribution is 0.0600. The van der Waals surface area contributed by atoms with E-state index < -0.39 is 0 Å². The molecule has 0 saturated carbocycles. The number of carbonyl (C=O) groups is 1. The van der Waals surface area contributed by atoms with Crippen LogP contribution in [0.2, 0.25) is 0 Å². The SMILES string of the molecule is O=C(c1ccc2ccccc2n1)N1CCCC[C@@H]1c1ccn2nccc2n1. The average molecular weight is 357 g/mol. The van der Waals surface area contributed by atoms with Crippen LogP contribution in [0.4, 0.5) is 0 Å². The summed E-state index contributed by atoms with van der Waals surface area (Å²) in [6, 6.07) is 15.5. The fourth-order valence-corrected chi connectivity index (χ4v) is 3.83. The number of amides is 1. The van der Waals surface area contributed by atoms with Gasteiger partial charge in [-0.25, -0.2) is 14.5 Å². The van der Waals surface area contributed by atoms with Crippen LogP contribution in [0.15, 0.2) is 60.9 Å². The molecule has 1 aliphatic heterocycles. The number of likely N-dealkylation sites (tertiary alicyclic amines) is 1. The predicted molar refractivity (Wildman–Crippen MR) is 102 cm³/mol. The summed E-state index contributed by atoms with van der Waals surface area (Å²) in [6.45, 7) is 0.726. The molecule has 3 aromatic heterocycles. The van der Waals surface area contributed by atoms with Gasteiger partial charge in [0.2, 0.25) is 0 Å². The summed E-state index contributed by atoms with van der Waals surface area (Å²) in [4.78, 5) is 24.5. The van der Waals surface area contributed by atoms with Crippen molar-refractivity contribution in [3.63, 3.8) is 0 Å². The molecule has 6 nitrogen and oxygen atoms in total. The molecule has 0 unspecified atom stereocenters. The van der Waals surface area contributed by atoms with Gasteiger partial charge in [0.05, 0.1) is 23.4 Å². The summed E-state index contributed by atoms with van der Waals surface area (Å²) < 4.78 is 1.74. The van der Waals surface area contributed by atoms with E-state index in [1.807, 2.05) is 59.6 Å². The number of piperidine rings is 1. The smallest absolute Gasteiger partial charge is 0.273 e. The Bertz CT molecular complexity index is 1140. The molecule has 134 valence electrons. The van der Waals surface area contributed by atoms with Crippen molar-refractivity contribution in [1.82, 2.24) is 24.5 Å². The second-order valence-corrected chi connectivity index (χ2v) is 6.89. The van der Waals surface area contributed by atoms with Gasteiger partial charge in [-0.3, -0.25) is 4.79 Å². The van der Waals surface area contributed by atoms with Gasteiger partial charge in [0.1, 0.15) is 5.69 Å². The minimum absolute atomic E-state index is 0.0272. The number of rotatable bonds is 2. The molecule has 5 rings (SSSR count). The van der Waals surface area contributed by atoms with Gasteiger partial charge < -0.3 is 4.90 Å². The first-order valence-corrected chi connectivity index (χ1v) is 9.27. The van der Waals surface area contributed by atoms with Crippen molar-refractivity contribution in [2.45, 2.75) is 25.3 Å². The molecule has 1 saturated heterocycles. The number of hydrogen-bond acceptors (Lipinski definition) is 4. The third-order valence-corrected chi connectivity index (χ3v) is 5.20. The van der Waals surface area contributed by atoms with Gasteiger partial charge in [-0.1, -0.05) is 24.3 Å². The molecular weight excluding hydrogens is 338 g/mol. The van der Waals surface area contributed by atoms with Crippen LogP contribution in [0.1, 0.15) is 41.5 Å². The van der Waals surface area contributed by atoms with E-state index in [1.54, 1.807) is 10.7 Å². The Hall–Kier alpha value is -3.28. The van der Waals surface area contributed by atoms with Crippen molar-refractivity contribution in [2.24, 2.45) is 0 Å². The number of benzene rings is 1. The Morgan fingerprint density at radius 1 is 1.00 bits per heavy atom. The lowest BCUT2D eigenvalue weighted by atomic mass is 9.98. The maximum atomic E-state index is 13.3. The summed E-state index contributed by atoms with van der Waals surface area (Å²) in [6.07, 6.45) is 6.64. The predicted octanol–water partition coefficient (Wildman–Crippen LogP) is 3.64. The van der Waals surface area contributed by atoms with E-state index in [0.717, 1.165) is 48.1 Å². The van der Waals surface area contributed by atoms with E-state index in [2.05, 4.69) is 10.1 Å². The Morgan fingerprint density at radius 2 is 1.93 bits per heavy atom. The van der Waals surface area contributed by atoms with Gasteiger partial charge in [-0.05, 0) is 37.5 Å². The van der Waals surface area contributed by atoms with Gasteiger partial charge in [0.25, 0.3) is 5.91 Å². The summed E-state index contributed by atoms with van der Waals surface area (Å²) in [5.41, 5.74) is 3.05. The summed E-state index contributed by atoms with van der Waals surface area (Å²) in [5, 5.41) is 5.24. The molecule has 1 fully saturated rings. The van der Waals surface area contributed by atoms with Gasteiger partial charge in [0.15, 0.2) is 5.65 Å². The molecule has 1 aliphatic rings. The molecule has 0 spiro atoms. The number of hydrogen-bond donors (Lipinski definition) is 0. The molecular formula is C21H19N5O. The molecule has 1 amide bonds. The molecule has 0 N–H and O–H groups in total. The highest BCUT2D eigenvalue weighted by molar-refractivity contribution is 5.95. The Balaban J connectivity index is 1.51. The largest absolute Gasteiger partial charge is 0.329 e. The van der Waals surface area contributed by atoms with Crippen LogP contribution in [-0.4, -0.2) is 36.9 Å². The number of aromatic nitrogens is 4. The zero-order valence-corrected chi connectivity index (χ0v) is 14.8. The summed E-state index contributed by atoms with van der Waals surface area (Å²) >= 11 is 0. The lowest BCUT2D eigenvalue weighted by Gasteiger charge is -2.35. The monoisotopic (exact) mass is 357 g/mol. The molecule has 6 heteroatoms. The molecule has 1 atom stereocenters. The van der Waals surface area contributed by atoms with Crippen LogP contribution in [0.25, 0.3) is 16.6 Å². The molecule has 0 aliphatic carbocycles. The summed E-state index contributed by atoms with van der Waals surface area (Å²) in [7, 11) is 0. The van der Waals surface area contributed by atoms with E-state index >= 15 is 0 Å². The maximum Gasteiger partial charge on any atom is 0.273 e. The van der Waals surface area contributed by atoms with Gasteiger partial charge >= 0.3 is 0 Å². The van der Waals surface area contributed by atoms with Crippen LogP contribution >= 0.6 is 0 Å². The lowest BCUT2D eigenvalue weighted by Crippen LogP contribution is -2.39. The zero-order chi connectivity index (χ0) is 18.2. The van der Waals surface area contributed by atoms with Crippen LogP contribution in [-0.2, 0) is 0 Å². The van der Waals surface area contributed by atoms with Gasteiger partial charge in [-0.15, -0.1) is 0 Å². The van der Waals surface area contributed by atoms with Crippen molar-refractivity contribution >= 4 is 22.5 Å². The zero-order valence-electron chi connectivity index (χ0n) is 14.8. The van der Waals surface area contributed by atoms with Crippen LogP contribution in [0, 0.1) is 0 Å². The number of fused-ring (bicyclic) bond motifs is 2. The molecule has 4 aromatic rings. The summed E-state index contributed by atoms with van der Waals surface area (Å²) in [5.74, 6) is -0.0272. The molecule has 27 heavy (non-hydrogen) atoms. The Kier molecular flexibility index (Phi) is 3.81. The van der Waals surface area contributed by atoms with Crippen molar-refractivity contribution < 1.29 is 4.79 Å². The van der Waals surface area contributed by atoms with E-state index in [4.69, 9.17) is 4.98 Å². The van der Waals surface area contributed by atoms with E-state index in [0.29, 0.717) is 5.69 Å². The first kappa shape index (κ1) is 15.9. The third kappa shape index (κ3) is 2.83. The van der Waals surface area contributed by atoms with Crippen LogP contribution < -0.4 is 0 Å². The fourth-order valence-electron chi connectivity index (χ4n) is 3.83. The number of carbonyl (C=O) groups excluding carboxylic acids is 1. The quantitative estimate of drug-likeness (QED) is 0.549. The molecule has 1 aromatic carbocycles. The minimum Gasteiger partial charge on any atom is -0.329 e. The first-order valence-electron chi connectivity index (χ1n) is 9.27. The number of para-hydroxylation sites is 1. The average Bonchev–Trinajstić information content (AvgIpc) is 3.21. The van der Waals surface area contributed by atoms with Crippen molar-refractivity contribution in [3.8, 4) is 0 Å². The standard InChI is InChI=1S/C21H19N5O/c27-21(18-9-8-15-5-1-2-6-16(15)23-18)25-13-4-3-7-19(25)17-11-14-26-20(24-17)10-12-22-26/h1-2,5-6,8-12,14,19H,3-4,7,13H2/t19-/m1/s1. The normalized spacial score (nSPS) is 17.5. The third-order valence-electron chi connectivity index (χ3n) is 5.20.